The molecule has 114 valence electrons. The van der Waals surface area contributed by atoms with E-state index in [9.17, 15) is 0 Å². The molecular weight excluding hydrogens is 260 g/mol. The molecule has 1 heterocycles. The first kappa shape index (κ1) is 15.7. The molecule has 0 aliphatic rings. The Morgan fingerprint density at radius 3 is 2.43 bits per heavy atom. The van der Waals surface area contributed by atoms with E-state index in [0.717, 1.165) is 31.0 Å². The smallest absolute Gasteiger partial charge is 0.146 e. The van der Waals surface area contributed by atoms with Crippen molar-refractivity contribution in [3.63, 3.8) is 0 Å². The highest BCUT2D eigenvalue weighted by molar-refractivity contribution is 5.27. The third-order valence-corrected chi connectivity index (χ3v) is 4.14. The number of aromatic nitrogens is 3. The lowest BCUT2D eigenvalue weighted by molar-refractivity contribution is 0.455. The zero-order chi connectivity index (χ0) is 15.2. The predicted octanol–water partition coefficient (Wildman–Crippen LogP) is 3.32. The zero-order valence-corrected chi connectivity index (χ0v) is 13.3. The minimum atomic E-state index is 0.274. The maximum absolute atomic E-state index is 5.82. The summed E-state index contributed by atoms with van der Waals surface area (Å²) < 4.78 is 2.21. The van der Waals surface area contributed by atoms with Gasteiger partial charge in [0.2, 0.25) is 0 Å². The Hall–Kier alpha value is -1.68. The van der Waals surface area contributed by atoms with E-state index in [0.29, 0.717) is 12.5 Å². The molecule has 0 aliphatic carbocycles. The van der Waals surface area contributed by atoms with E-state index in [1.165, 1.54) is 5.56 Å². The van der Waals surface area contributed by atoms with Gasteiger partial charge < -0.3 is 10.3 Å². The normalized spacial score (nSPS) is 14.1. The molecule has 2 N–H and O–H groups in total. The summed E-state index contributed by atoms with van der Waals surface area (Å²) in [5.41, 5.74) is 7.12. The van der Waals surface area contributed by atoms with E-state index in [2.05, 4.69) is 65.9 Å². The van der Waals surface area contributed by atoms with Crippen LogP contribution in [0.5, 0.6) is 0 Å². The highest BCUT2D eigenvalue weighted by Crippen LogP contribution is 2.33. The van der Waals surface area contributed by atoms with Gasteiger partial charge in [-0.2, -0.15) is 0 Å². The van der Waals surface area contributed by atoms with Crippen LogP contribution >= 0.6 is 0 Å². The molecule has 0 bridgehead atoms. The van der Waals surface area contributed by atoms with E-state index in [1.54, 1.807) is 0 Å². The average Bonchev–Trinajstić information content (AvgIpc) is 2.91. The van der Waals surface area contributed by atoms with E-state index in [-0.39, 0.29) is 5.92 Å². The lowest BCUT2D eigenvalue weighted by atomic mass is 9.85. The molecule has 0 aliphatic heterocycles. The summed E-state index contributed by atoms with van der Waals surface area (Å²) in [4.78, 5) is 0. The quantitative estimate of drug-likeness (QED) is 0.849. The van der Waals surface area contributed by atoms with Crippen molar-refractivity contribution in [3.05, 3.63) is 47.5 Å². The summed E-state index contributed by atoms with van der Waals surface area (Å²) in [7, 11) is 0. The molecular formula is C17H26N4. The summed E-state index contributed by atoms with van der Waals surface area (Å²) in [6.45, 7) is 8.05. The van der Waals surface area contributed by atoms with Gasteiger partial charge in [0.1, 0.15) is 11.6 Å². The van der Waals surface area contributed by atoms with Crippen LogP contribution in [0.2, 0.25) is 0 Å². The molecule has 2 rings (SSSR count). The molecule has 0 saturated heterocycles. The van der Waals surface area contributed by atoms with Gasteiger partial charge in [-0.1, -0.05) is 57.5 Å². The van der Waals surface area contributed by atoms with Gasteiger partial charge >= 0.3 is 0 Å². The minimum Gasteiger partial charge on any atom is -0.324 e. The Kier molecular flexibility index (Phi) is 5.51. The molecule has 0 radical (unpaired) electrons. The van der Waals surface area contributed by atoms with Gasteiger partial charge in [0.05, 0.1) is 6.54 Å². The van der Waals surface area contributed by atoms with Crippen molar-refractivity contribution in [3.8, 4) is 0 Å². The molecule has 0 saturated carbocycles. The van der Waals surface area contributed by atoms with E-state index in [4.69, 9.17) is 5.73 Å². The predicted molar refractivity (Wildman–Crippen MR) is 85.9 cm³/mol. The van der Waals surface area contributed by atoms with Crippen molar-refractivity contribution in [1.82, 2.24) is 14.8 Å². The first-order valence-electron chi connectivity index (χ1n) is 7.89. The molecule has 0 fully saturated rings. The lowest BCUT2D eigenvalue weighted by Crippen LogP contribution is -2.18. The summed E-state index contributed by atoms with van der Waals surface area (Å²) in [5.74, 6) is 2.72. The van der Waals surface area contributed by atoms with Crippen molar-refractivity contribution in [2.24, 2.45) is 11.7 Å². The highest BCUT2D eigenvalue weighted by atomic mass is 15.3. The summed E-state index contributed by atoms with van der Waals surface area (Å²) in [5, 5.41) is 8.79. The number of nitrogens with two attached hydrogens (primary N) is 1. The topological polar surface area (TPSA) is 56.7 Å². The molecule has 4 nitrogen and oxygen atoms in total. The van der Waals surface area contributed by atoms with Crippen LogP contribution in [0, 0.1) is 5.92 Å². The van der Waals surface area contributed by atoms with Gasteiger partial charge in [0.25, 0.3) is 0 Å². The van der Waals surface area contributed by atoms with Crippen LogP contribution in [0.15, 0.2) is 30.3 Å². The maximum atomic E-state index is 5.82. The van der Waals surface area contributed by atoms with E-state index in [1.807, 2.05) is 0 Å². The third kappa shape index (κ3) is 3.32. The van der Waals surface area contributed by atoms with Crippen LogP contribution in [-0.2, 0) is 13.1 Å². The number of hydrogen-bond donors (Lipinski definition) is 1. The number of benzene rings is 1. The summed E-state index contributed by atoms with van der Waals surface area (Å²) in [6.07, 6.45) is 2.16. The van der Waals surface area contributed by atoms with Crippen molar-refractivity contribution in [2.45, 2.75) is 52.6 Å². The van der Waals surface area contributed by atoms with Crippen LogP contribution in [-0.4, -0.2) is 14.8 Å². The second-order valence-electron chi connectivity index (χ2n) is 5.60. The van der Waals surface area contributed by atoms with Gasteiger partial charge in [-0.25, -0.2) is 0 Å². The van der Waals surface area contributed by atoms with Crippen molar-refractivity contribution >= 4 is 0 Å². The number of nitrogens with zero attached hydrogens (tertiary/aromatic N) is 3. The van der Waals surface area contributed by atoms with Crippen LogP contribution in [0.3, 0.4) is 0 Å². The SMILES string of the molecule is CCCn1c(CN)nnc1C(c1ccccc1)C(C)CC. The Bertz CT molecular complexity index is 547. The largest absolute Gasteiger partial charge is 0.324 e. The van der Waals surface area contributed by atoms with Crippen LogP contribution < -0.4 is 5.73 Å². The molecule has 1 aromatic heterocycles. The Balaban J connectivity index is 2.49. The average molecular weight is 286 g/mol. The van der Waals surface area contributed by atoms with Crippen molar-refractivity contribution in [1.29, 1.82) is 0 Å². The first-order valence-corrected chi connectivity index (χ1v) is 7.89. The Morgan fingerprint density at radius 1 is 1.14 bits per heavy atom. The third-order valence-electron chi connectivity index (χ3n) is 4.14. The van der Waals surface area contributed by atoms with Gasteiger partial charge in [0.15, 0.2) is 0 Å². The van der Waals surface area contributed by atoms with Crippen LogP contribution in [0.1, 0.15) is 56.7 Å². The Labute approximate surface area is 127 Å². The molecule has 0 amide bonds. The molecule has 0 spiro atoms. The first-order chi connectivity index (χ1) is 10.2. The van der Waals surface area contributed by atoms with Crippen LogP contribution in [0.4, 0.5) is 0 Å². The van der Waals surface area contributed by atoms with Crippen molar-refractivity contribution in [2.75, 3.05) is 0 Å². The van der Waals surface area contributed by atoms with E-state index < -0.39 is 0 Å². The summed E-state index contributed by atoms with van der Waals surface area (Å²) in [6, 6.07) is 10.6. The van der Waals surface area contributed by atoms with Gasteiger partial charge in [0, 0.05) is 12.5 Å². The number of rotatable bonds is 7. The van der Waals surface area contributed by atoms with Crippen LogP contribution in [0.25, 0.3) is 0 Å². The lowest BCUT2D eigenvalue weighted by Gasteiger charge is -2.24. The Morgan fingerprint density at radius 2 is 1.86 bits per heavy atom. The molecule has 2 aromatic rings. The fourth-order valence-electron chi connectivity index (χ4n) is 2.83. The monoisotopic (exact) mass is 286 g/mol. The molecule has 2 unspecified atom stereocenters. The van der Waals surface area contributed by atoms with E-state index >= 15 is 0 Å². The molecule has 4 heteroatoms. The fraction of sp³-hybridized carbons (Fsp3) is 0.529. The zero-order valence-electron chi connectivity index (χ0n) is 13.3. The maximum Gasteiger partial charge on any atom is 0.146 e. The highest BCUT2D eigenvalue weighted by Gasteiger charge is 2.26. The molecule has 2 atom stereocenters. The number of hydrogen-bond acceptors (Lipinski definition) is 3. The minimum absolute atomic E-state index is 0.274. The second kappa shape index (κ2) is 7.36. The molecule has 21 heavy (non-hydrogen) atoms. The summed E-state index contributed by atoms with van der Waals surface area (Å²) >= 11 is 0. The second-order valence-corrected chi connectivity index (χ2v) is 5.60. The standard InChI is InChI=1S/C17H26N4/c1-4-11-21-15(12-18)19-20-17(21)16(13(3)5-2)14-9-7-6-8-10-14/h6-10,13,16H,4-5,11-12,18H2,1-3H3. The fourth-order valence-corrected chi connectivity index (χ4v) is 2.83. The van der Waals surface area contributed by atoms with Gasteiger partial charge in [-0.05, 0) is 17.9 Å². The van der Waals surface area contributed by atoms with Crippen molar-refractivity contribution < 1.29 is 0 Å². The molecule has 1 aromatic carbocycles. The van der Waals surface area contributed by atoms with Gasteiger partial charge in [-0.3, -0.25) is 0 Å². The van der Waals surface area contributed by atoms with Gasteiger partial charge in [-0.15, -0.1) is 10.2 Å².